The molecule has 0 fully saturated rings. The van der Waals surface area contributed by atoms with Crippen LogP contribution in [-0.2, 0) is 32.7 Å². The molecule has 0 amide bonds. The van der Waals surface area contributed by atoms with E-state index in [1.54, 1.807) is 0 Å². The number of rotatable bonds is 36. The molecule has 0 saturated carbocycles. The van der Waals surface area contributed by atoms with Crippen molar-refractivity contribution < 1.29 is 42.1 Å². The highest BCUT2D eigenvalue weighted by atomic mass is 31.2. The van der Waals surface area contributed by atoms with Gasteiger partial charge >= 0.3 is 11.9 Å². The molecule has 1 unspecified atom stereocenters. The van der Waals surface area contributed by atoms with Gasteiger partial charge < -0.3 is 27.9 Å². The Morgan fingerprint density at radius 3 is 1.59 bits per heavy atom. The number of likely N-dealkylation sites (N-methyl/N-ethyl adjacent to an activating group) is 1. The monoisotopic (exact) mass is 718 g/mol. The molecule has 0 spiro atoms. The van der Waals surface area contributed by atoms with E-state index in [0.29, 0.717) is 17.4 Å². The van der Waals surface area contributed by atoms with Gasteiger partial charge in [0.25, 0.3) is 7.82 Å². The van der Waals surface area contributed by atoms with E-state index in [9.17, 15) is 19.0 Å². The molecule has 0 aromatic carbocycles. The SMILES string of the molecule is CCCCCCCCCCCCC/C=C/CCC(=O)O[C@H](COC(=O)CCCCCCCCCCCC)COP(=O)([O-])OCC[N+](C)(C)C. The van der Waals surface area contributed by atoms with E-state index in [1.165, 1.54) is 109 Å². The van der Waals surface area contributed by atoms with Crippen molar-refractivity contribution in [1.29, 1.82) is 0 Å². The highest BCUT2D eigenvalue weighted by molar-refractivity contribution is 7.45. The lowest BCUT2D eigenvalue weighted by atomic mass is 10.1. The molecule has 0 aromatic heterocycles. The van der Waals surface area contributed by atoms with Crippen molar-refractivity contribution in [2.24, 2.45) is 0 Å². The lowest BCUT2D eigenvalue weighted by Crippen LogP contribution is -2.37. The van der Waals surface area contributed by atoms with Gasteiger partial charge in [-0.15, -0.1) is 0 Å². The van der Waals surface area contributed by atoms with E-state index in [4.69, 9.17) is 18.5 Å². The molecule has 0 aromatic rings. The van der Waals surface area contributed by atoms with E-state index in [-0.39, 0.29) is 26.1 Å². The van der Waals surface area contributed by atoms with Crippen LogP contribution in [0.3, 0.4) is 0 Å². The molecule has 49 heavy (non-hydrogen) atoms. The van der Waals surface area contributed by atoms with Gasteiger partial charge in [-0.25, -0.2) is 0 Å². The quantitative estimate of drug-likeness (QED) is 0.0207. The van der Waals surface area contributed by atoms with Crippen LogP contribution in [-0.4, -0.2) is 70.0 Å². The molecule has 0 rings (SSSR count). The van der Waals surface area contributed by atoms with Crippen LogP contribution < -0.4 is 4.89 Å². The lowest BCUT2D eigenvalue weighted by molar-refractivity contribution is -0.870. The molecule has 0 radical (unpaired) electrons. The summed E-state index contributed by atoms with van der Waals surface area (Å²) < 4.78 is 33.7. The molecule has 10 heteroatoms. The predicted octanol–water partition coefficient (Wildman–Crippen LogP) is 10.00. The average Bonchev–Trinajstić information content (AvgIpc) is 3.04. The third kappa shape index (κ3) is 36.3. The summed E-state index contributed by atoms with van der Waals surface area (Å²) in [5.41, 5.74) is 0. The maximum Gasteiger partial charge on any atom is 0.306 e. The van der Waals surface area contributed by atoms with E-state index < -0.39 is 32.5 Å². The van der Waals surface area contributed by atoms with Gasteiger partial charge in [-0.3, -0.25) is 14.2 Å². The average molecular weight is 718 g/mol. The molecular weight excluding hydrogens is 641 g/mol. The minimum Gasteiger partial charge on any atom is -0.756 e. The second-order valence-electron chi connectivity index (χ2n) is 14.7. The van der Waals surface area contributed by atoms with Gasteiger partial charge in [0.1, 0.15) is 19.8 Å². The van der Waals surface area contributed by atoms with E-state index in [1.807, 2.05) is 27.2 Å². The van der Waals surface area contributed by atoms with Crippen LogP contribution >= 0.6 is 7.82 Å². The third-order valence-corrected chi connectivity index (χ3v) is 9.51. The first kappa shape index (κ1) is 47.8. The molecule has 0 saturated heterocycles. The molecule has 0 aliphatic heterocycles. The Morgan fingerprint density at radius 1 is 0.612 bits per heavy atom. The number of phosphoric ester groups is 1. The van der Waals surface area contributed by atoms with E-state index in [0.717, 1.165) is 32.1 Å². The topological polar surface area (TPSA) is 111 Å². The van der Waals surface area contributed by atoms with Crippen molar-refractivity contribution in [3.05, 3.63) is 12.2 Å². The number of phosphoric acid groups is 1. The van der Waals surface area contributed by atoms with Gasteiger partial charge in [-0.05, 0) is 25.7 Å². The number of esters is 2. The summed E-state index contributed by atoms with van der Waals surface area (Å²) in [5.74, 6) is -0.888. The number of quaternary nitrogens is 1. The summed E-state index contributed by atoms with van der Waals surface area (Å²) in [6, 6.07) is 0. The molecular formula is C39H76NO8P. The van der Waals surface area contributed by atoms with Crippen molar-refractivity contribution in [3.8, 4) is 0 Å². The van der Waals surface area contributed by atoms with Crippen molar-refractivity contribution >= 4 is 19.8 Å². The molecule has 290 valence electrons. The minimum absolute atomic E-state index is 0.0336. The van der Waals surface area contributed by atoms with Crippen molar-refractivity contribution in [2.45, 2.75) is 180 Å². The van der Waals surface area contributed by atoms with Gasteiger partial charge in [0.2, 0.25) is 0 Å². The van der Waals surface area contributed by atoms with E-state index in [2.05, 4.69) is 19.9 Å². The normalized spacial score (nSPS) is 13.8. The first-order valence-corrected chi connectivity index (χ1v) is 21.4. The number of hydrogen-bond donors (Lipinski definition) is 0. The third-order valence-electron chi connectivity index (χ3n) is 8.55. The number of allylic oxidation sites excluding steroid dienone is 2. The van der Waals surface area contributed by atoms with Crippen LogP contribution in [0.1, 0.15) is 174 Å². The maximum absolute atomic E-state index is 12.6. The number of ether oxygens (including phenoxy) is 2. The van der Waals surface area contributed by atoms with E-state index >= 15 is 0 Å². The largest absolute Gasteiger partial charge is 0.756 e. The summed E-state index contributed by atoms with van der Waals surface area (Å²) in [4.78, 5) is 37.3. The number of unbranched alkanes of at least 4 members (excludes halogenated alkanes) is 20. The molecule has 2 atom stereocenters. The lowest BCUT2D eigenvalue weighted by Gasteiger charge is -2.28. The smallest absolute Gasteiger partial charge is 0.306 e. The summed E-state index contributed by atoms with van der Waals surface area (Å²) in [6.45, 7) is 4.17. The number of carbonyl (C=O) groups excluding carboxylic acids is 2. The molecule has 0 N–H and O–H groups in total. The van der Waals surface area contributed by atoms with Gasteiger partial charge in [-0.2, -0.15) is 0 Å². The summed E-state index contributed by atoms with van der Waals surface area (Å²) >= 11 is 0. The first-order chi connectivity index (χ1) is 23.5. The van der Waals surface area contributed by atoms with Crippen LogP contribution in [0.5, 0.6) is 0 Å². The second-order valence-corrected chi connectivity index (χ2v) is 16.1. The van der Waals surface area contributed by atoms with Crippen molar-refractivity contribution in [3.63, 3.8) is 0 Å². The Kier molecular flexibility index (Phi) is 31.8. The number of nitrogens with zero attached hydrogens (tertiary/aromatic N) is 1. The molecule has 0 bridgehead atoms. The van der Waals surface area contributed by atoms with Gasteiger partial charge in [0.05, 0.1) is 27.7 Å². The summed E-state index contributed by atoms with van der Waals surface area (Å²) in [6.07, 6.45) is 31.1. The fourth-order valence-electron chi connectivity index (χ4n) is 5.38. The predicted molar refractivity (Wildman–Crippen MR) is 199 cm³/mol. The zero-order chi connectivity index (χ0) is 36.5. The Morgan fingerprint density at radius 2 is 1.08 bits per heavy atom. The first-order valence-electron chi connectivity index (χ1n) is 19.9. The Hall–Kier alpha value is -1.25. The molecule has 0 aliphatic carbocycles. The molecule has 0 aliphatic rings. The molecule has 9 nitrogen and oxygen atoms in total. The van der Waals surface area contributed by atoms with Crippen LogP contribution in [0.4, 0.5) is 0 Å². The van der Waals surface area contributed by atoms with Crippen molar-refractivity contribution in [1.82, 2.24) is 0 Å². The van der Waals surface area contributed by atoms with Crippen LogP contribution in [0.15, 0.2) is 12.2 Å². The highest BCUT2D eigenvalue weighted by Gasteiger charge is 2.21. The zero-order valence-electron chi connectivity index (χ0n) is 32.4. The fourth-order valence-corrected chi connectivity index (χ4v) is 6.11. The van der Waals surface area contributed by atoms with Crippen LogP contribution in [0, 0.1) is 0 Å². The zero-order valence-corrected chi connectivity index (χ0v) is 33.3. The fraction of sp³-hybridized carbons (Fsp3) is 0.897. The minimum atomic E-state index is -4.62. The Labute approximate surface area is 301 Å². The summed E-state index contributed by atoms with van der Waals surface area (Å²) in [7, 11) is 1.15. The van der Waals surface area contributed by atoms with Gasteiger partial charge in [0, 0.05) is 12.8 Å². The number of hydrogen-bond acceptors (Lipinski definition) is 8. The van der Waals surface area contributed by atoms with Crippen LogP contribution in [0.2, 0.25) is 0 Å². The van der Waals surface area contributed by atoms with Gasteiger partial charge in [-0.1, -0.05) is 148 Å². The highest BCUT2D eigenvalue weighted by Crippen LogP contribution is 2.38. The Bertz CT molecular complexity index is 860. The summed E-state index contributed by atoms with van der Waals surface area (Å²) in [5, 5.41) is 0. The van der Waals surface area contributed by atoms with Crippen LogP contribution in [0.25, 0.3) is 0 Å². The second kappa shape index (κ2) is 32.6. The number of carbonyl (C=O) groups is 2. The standard InChI is InChI=1S/C39H76NO8P/c1-6-8-10-12-14-16-18-19-20-21-22-24-26-28-30-32-39(42)48-37(36-47-49(43,44)46-34-33-40(3,4)5)35-45-38(41)31-29-27-25-23-17-15-13-11-9-7-2/h26,28,37H,6-25,27,29-36H2,1-5H3/b28-26+/t37-/m1/s1. The van der Waals surface area contributed by atoms with Gasteiger partial charge in [0.15, 0.2) is 6.10 Å². The molecule has 0 heterocycles. The maximum atomic E-state index is 12.6. The van der Waals surface area contributed by atoms with Crippen molar-refractivity contribution in [2.75, 3.05) is 47.5 Å². The Balaban J connectivity index is 4.44.